The highest BCUT2D eigenvalue weighted by molar-refractivity contribution is 6.31. The zero-order chi connectivity index (χ0) is 24.0. The molecule has 2 fully saturated rings. The number of carbonyl (C=O) groups excluding carboxylic acids is 2. The Kier molecular flexibility index (Phi) is 5.43. The van der Waals surface area contributed by atoms with E-state index in [1.807, 2.05) is 0 Å². The normalized spacial score (nSPS) is 21.6. The zero-order valence-electron chi connectivity index (χ0n) is 17.8. The molecule has 2 amide bonds. The molecule has 0 N–H and O–H groups in total. The molecule has 172 valence electrons. The van der Waals surface area contributed by atoms with Crippen LogP contribution in [0.3, 0.4) is 0 Å². The maximum atomic E-state index is 13.6. The second-order valence-corrected chi connectivity index (χ2v) is 8.30. The number of nitrogens with zero attached hydrogens (tertiary/aromatic N) is 3. The van der Waals surface area contributed by atoms with E-state index in [9.17, 15) is 19.7 Å². The highest BCUT2D eigenvalue weighted by atomic mass is 35.5. The average molecular weight is 480 g/mol. The van der Waals surface area contributed by atoms with Crippen molar-refractivity contribution in [3.05, 3.63) is 93.5 Å². The summed E-state index contributed by atoms with van der Waals surface area (Å²) in [4.78, 5) is 44.9. The fraction of sp³-hybridized carbons (Fsp3) is 0.167. The summed E-state index contributed by atoms with van der Waals surface area (Å²) >= 11 is 5.96. The van der Waals surface area contributed by atoms with Crippen molar-refractivity contribution in [2.75, 3.05) is 17.1 Å². The van der Waals surface area contributed by atoms with Crippen molar-refractivity contribution >= 4 is 40.5 Å². The molecule has 0 aliphatic carbocycles. The van der Waals surface area contributed by atoms with Crippen LogP contribution in [-0.4, -0.2) is 30.0 Å². The van der Waals surface area contributed by atoms with Crippen molar-refractivity contribution < 1.29 is 24.1 Å². The fourth-order valence-corrected chi connectivity index (χ4v) is 4.52. The van der Waals surface area contributed by atoms with Crippen molar-refractivity contribution in [3.8, 4) is 5.75 Å². The number of fused-ring (bicyclic) bond motifs is 1. The van der Waals surface area contributed by atoms with Crippen molar-refractivity contribution in [1.29, 1.82) is 0 Å². The summed E-state index contributed by atoms with van der Waals surface area (Å²) < 4.78 is 5.34. The fourth-order valence-electron chi connectivity index (χ4n) is 4.39. The number of hydroxylamine groups is 1. The molecule has 0 bridgehead atoms. The third kappa shape index (κ3) is 3.55. The van der Waals surface area contributed by atoms with Gasteiger partial charge in [-0.2, -0.15) is 0 Å². The quantitative estimate of drug-likeness (QED) is 0.305. The molecule has 2 aliphatic heterocycles. The molecule has 0 saturated carbocycles. The van der Waals surface area contributed by atoms with Gasteiger partial charge in [0.25, 0.3) is 11.6 Å². The van der Waals surface area contributed by atoms with Gasteiger partial charge in [0, 0.05) is 17.2 Å². The van der Waals surface area contributed by atoms with Crippen molar-refractivity contribution in [2.24, 2.45) is 5.92 Å². The lowest BCUT2D eigenvalue weighted by atomic mass is 9.90. The van der Waals surface area contributed by atoms with E-state index in [4.69, 9.17) is 21.2 Å². The van der Waals surface area contributed by atoms with Crippen LogP contribution < -0.4 is 14.7 Å². The largest absolute Gasteiger partial charge is 0.497 e. The second kappa shape index (κ2) is 8.44. The molecule has 3 aromatic rings. The van der Waals surface area contributed by atoms with Gasteiger partial charge in [-0.25, -0.2) is 9.96 Å². The van der Waals surface area contributed by atoms with Crippen LogP contribution in [0.2, 0.25) is 5.02 Å². The van der Waals surface area contributed by atoms with Crippen LogP contribution in [0.1, 0.15) is 11.6 Å². The number of rotatable bonds is 5. The molecule has 3 atom stereocenters. The molecule has 0 unspecified atom stereocenters. The zero-order valence-corrected chi connectivity index (χ0v) is 18.6. The lowest BCUT2D eigenvalue weighted by Gasteiger charge is -2.28. The Labute approximate surface area is 199 Å². The molecule has 5 rings (SSSR count). The maximum absolute atomic E-state index is 13.6. The smallest absolute Gasteiger partial charge is 0.271 e. The maximum Gasteiger partial charge on any atom is 0.271 e. The molecule has 10 heteroatoms. The number of non-ortho nitro benzene ring substituents is 1. The van der Waals surface area contributed by atoms with Gasteiger partial charge in [-0.05, 0) is 48.0 Å². The number of hydrogen-bond donors (Lipinski definition) is 0. The van der Waals surface area contributed by atoms with Crippen molar-refractivity contribution in [3.63, 3.8) is 0 Å². The van der Waals surface area contributed by atoms with Gasteiger partial charge in [-0.15, -0.1) is 0 Å². The number of carbonyl (C=O) groups is 2. The van der Waals surface area contributed by atoms with Crippen LogP contribution in [0, 0.1) is 16.0 Å². The first-order valence-electron chi connectivity index (χ1n) is 10.4. The third-order valence-corrected chi connectivity index (χ3v) is 6.18. The molecule has 0 aromatic heterocycles. The number of methoxy groups -OCH3 is 1. The number of amides is 2. The van der Waals surface area contributed by atoms with Gasteiger partial charge < -0.3 is 4.74 Å². The third-order valence-electron chi connectivity index (χ3n) is 5.93. The van der Waals surface area contributed by atoms with E-state index in [1.54, 1.807) is 54.6 Å². The number of hydrogen-bond acceptors (Lipinski definition) is 7. The van der Waals surface area contributed by atoms with Crippen LogP contribution in [0.15, 0.2) is 72.8 Å². The molecule has 3 aromatic carbocycles. The van der Waals surface area contributed by atoms with E-state index in [1.165, 1.54) is 30.4 Å². The van der Waals surface area contributed by atoms with E-state index in [2.05, 4.69) is 0 Å². The average Bonchev–Trinajstić information content (AvgIpc) is 3.36. The SMILES string of the molecule is COc1cccc([C@@H]2[C@@H]3C(=O)N(c4ccc(Cl)cc4)C(=O)[C@@H]3ON2c2cccc([N+](=O)[O-])c2)c1. The Morgan fingerprint density at radius 3 is 2.41 bits per heavy atom. The topological polar surface area (TPSA) is 102 Å². The number of ether oxygens (including phenoxy) is 1. The van der Waals surface area contributed by atoms with Crippen molar-refractivity contribution in [2.45, 2.75) is 12.1 Å². The minimum atomic E-state index is -1.10. The molecular weight excluding hydrogens is 462 g/mol. The Morgan fingerprint density at radius 2 is 1.71 bits per heavy atom. The summed E-state index contributed by atoms with van der Waals surface area (Å²) in [6.45, 7) is 0. The number of nitro groups is 1. The Bertz CT molecular complexity index is 1300. The first-order chi connectivity index (χ1) is 16.4. The summed E-state index contributed by atoms with van der Waals surface area (Å²) in [5.74, 6) is -1.27. The summed E-state index contributed by atoms with van der Waals surface area (Å²) in [7, 11) is 1.53. The number of imide groups is 1. The van der Waals surface area contributed by atoms with Crippen molar-refractivity contribution in [1.82, 2.24) is 0 Å². The summed E-state index contributed by atoms with van der Waals surface area (Å²) in [6, 6.07) is 18.6. The summed E-state index contributed by atoms with van der Waals surface area (Å²) in [5, 5.41) is 13.2. The van der Waals surface area contributed by atoms with Crippen LogP contribution in [0.5, 0.6) is 5.75 Å². The minimum absolute atomic E-state index is 0.136. The van der Waals surface area contributed by atoms with Gasteiger partial charge in [0.1, 0.15) is 11.7 Å². The highest BCUT2D eigenvalue weighted by Crippen LogP contribution is 2.48. The predicted octanol–water partition coefficient (Wildman–Crippen LogP) is 4.31. The van der Waals surface area contributed by atoms with Gasteiger partial charge >= 0.3 is 0 Å². The molecule has 2 saturated heterocycles. The molecule has 0 radical (unpaired) electrons. The molecular formula is C24H18ClN3O6. The van der Waals surface area contributed by atoms with E-state index in [0.717, 1.165) is 4.90 Å². The van der Waals surface area contributed by atoms with Gasteiger partial charge in [0.05, 0.1) is 29.4 Å². The van der Waals surface area contributed by atoms with E-state index < -0.39 is 34.8 Å². The molecule has 0 spiro atoms. The molecule has 34 heavy (non-hydrogen) atoms. The number of benzene rings is 3. The van der Waals surface area contributed by atoms with E-state index >= 15 is 0 Å². The summed E-state index contributed by atoms with van der Waals surface area (Å²) in [6.07, 6.45) is -1.10. The monoisotopic (exact) mass is 479 g/mol. The molecule has 2 aliphatic rings. The summed E-state index contributed by atoms with van der Waals surface area (Å²) in [5.41, 5.74) is 1.28. The predicted molar refractivity (Wildman–Crippen MR) is 124 cm³/mol. The standard InChI is InChI=1S/C24H18ClN3O6/c1-33-19-7-2-4-14(12-19)21-20-22(34-27(21)17-5-3-6-18(13-17)28(31)32)24(30)26(23(20)29)16-10-8-15(25)9-11-16/h2-13,20-22H,1H3/t20-,21+,22+/m0/s1. The lowest BCUT2D eigenvalue weighted by Crippen LogP contribution is -2.37. The number of halogens is 1. The van der Waals surface area contributed by atoms with Crippen LogP contribution in [0.4, 0.5) is 17.1 Å². The van der Waals surface area contributed by atoms with Crippen LogP contribution in [0.25, 0.3) is 0 Å². The van der Waals surface area contributed by atoms with Crippen LogP contribution >= 0.6 is 11.6 Å². The first kappa shape index (κ1) is 21.9. The highest BCUT2D eigenvalue weighted by Gasteiger charge is 2.60. The van der Waals surface area contributed by atoms with Gasteiger partial charge in [0.2, 0.25) is 5.91 Å². The van der Waals surface area contributed by atoms with Gasteiger partial charge in [0.15, 0.2) is 6.10 Å². The Balaban J connectivity index is 1.60. The Hall–Kier alpha value is -3.95. The minimum Gasteiger partial charge on any atom is -0.497 e. The Morgan fingerprint density at radius 1 is 0.971 bits per heavy atom. The van der Waals surface area contributed by atoms with Crippen LogP contribution in [-0.2, 0) is 14.4 Å². The van der Waals surface area contributed by atoms with Gasteiger partial charge in [-0.1, -0.05) is 29.8 Å². The van der Waals surface area contributed by atoms with E-state index in [-0.39, 0.29) is 5.69 Å². The second-order valence-electron chi connectivity index (χ2n) is 7.86. The lowest BCUT2D eigenvalue weighted by molar-refractivity contribution is -0.384. The van der Waals surface area contributed by atoms with Gasteiger partial charge in [-0.3, -0.25) is 24.5 Å². The van der Waals surface area contributed by atoms with E-state index in [0.29, 0.717) is 27.7 Å². The first-order valence-corrected chi connectivity index (χ1v) is 10.7. The molecule has 2 heterocycles. The molecule has 9 nitrogen and oxygen atoms in total. The number of anilines is 2. The number of nitro benzene ring substituents is 1.